The van der Waals surface area contributed by atoms with Crippen molar-refractivity contribution < 1.29 is 9.59 Å². The molecule has 1 aromatic heterocycles. The molecule has 0 spiro atoms. The van der Waals surface area contributed by atoms with E-state index in [1.54, 1.807) is 6.33 Å². The Hall–Kier alpha value is -2.94. The number of hydrogen-bond donors (Lipinski definition) is 1. The van der Waals surface area contributed by atoms with E-state index in [2.05, 4.69) is 32.4 Å². The fourth-order valence-electron chi connectivity index (χ4n) is 8.55. The topological polar surface area (TPSA) is 83.4 Å². The lowest BCUT2D eigenvalue weighted by Crippen LogP contribution is -2.55. The van der Waals surface area contributed by atoms with Crippen molar-refractivity contribution in [2.45, 2.75) is 102 Å². The number of rotatable bonds is 11. The zero-order valence-corrected chi connectivity index (χ0v) is 29.9. The van der Waals surface area contributed by atoms with Crippen LogP contribution in [-0.2, 0) is 29.1 Å². The Balaban J connectivity index is 0.00000451. The first kappa shape index (κ1) is 36.3. The Morgan fingerprint density at radius 1 is 0.938 bits per heavy atom. The molecule has 2 amide bonds. The number of amides is 2. The second kappa shape index (κ2) is 17.1. The Kier molecular flexibility index (Phi) is 13.0. The van der Waals surface area contributed by atoms with Crippen LogP contribution in [0.4, 0.5) is 0 Å². The third-order valence-electron chi connectivity index (χ3n) is 11.3. The van der Waals surface area contributed by atoms with E-state index in [1.165, 1.54) is 32.1 Å². The highest BCUT2D eigenvalue weighted by atomic mass is 35.5. The van der Waals surface area contributed by atoms with Gasteiger partial charge in [-0.1, -0.05) is 73.3 Å². The summed E-state index contributed by atoms with van der Waals surface area (Å²) in [6.07, 6.45) is 16.1. The molecule has 1 N–H and O–H groups in total. The largest absolute Gasteiger partial charge is 0.341 e. The summed E-state index contributed by atoms with van der Waals surface area (Å²) in [5.74, 6) is 1.12. The van der Waals surface area contributed by atoms with E-state index in [0.29, 0.717) is 23.9 Å². The van der Waals surface area contributed by atoms with Crippen LogP contribution in [0.25, 0.3) is 0 Å². The van der Waals surface area contributed by atoms with Crippen LogP contribution in [-0.4, -0.2) is 68.6 Å². The Morgan fingerprint density at radius 2 is 1.62 bits per heavy atom. The monoisotopic (exact) mass is 694 g/mol. The fourth-order valence-corrected chi connectivity index (χ4v) is 8.68. The Labute approximate surface area is 297 Å². The van der Waals surface area contributed by atoms with Crippen molar-refractivity contribution in [2.24, 2.45) is 17.3 Å². The van der Waals surface area contributed by atoms with Gasteiger partial charge in [-0.05, 0) is 92.4 Å². The van der Waals surface area contributed by atoms with E-state index in [1.807, 2.05) is 65.4 Å². The molecule has 8 nitrogen and oxygen atoms in total. The van der Waals surface area contributed by atoms with Gasteiger partial charge >= 0.3 is 0 Å². The van der Waals surface area contributed by atoms with Crippen LogP contribution in [0.5, 0.6) is 0 Å². The predicted octanol–water partition coefficient (Wildman–Crippen LogP) is 6.96. The molecule has 1 saturated heterocycles. The summed E-state index contributed by atoms with van der Waals surface area (Å²) < 4.78 is 2.01. The lowest BCUT2D eigenvalue weighted by Gasteiger charge is -2.48. The first-order valence-corrected chi connectivity index (χ1v) is 18.2. The number of hydrogen-bond acceptors (Lipinski definition) is 5. The molecule has 2 aliphatic carbocycles. The smallest absolute Gasteiger partial charge is 0.240 e. The molecule has 0 unspecified atom stereocenters. The van der Waals surface area contributed by atoms with Crippen LogP contribution in [0.15, 0.2) is 67.3 Å². The Morgan fingerprint density at radius 3 is 2.27 bits per heavy atom. The SMILES string of the molecule is CN(Cc1ccccc1)C(=O)C1CCC(N[C@H](Cc2ccc(Cl)cc2)C(=O)N2CCC(Cn3cncn3)(C3CCCCC3)CC2)CC1.Cl. The summed E-state index contributed by atoms with van der Waals surface area (Å²) in [5.41, 5.74) is 2.41. The van der Waals surface area contributed by atoms with Gasteiger partial charge in [-0.2, -0.15) is 5.10 Å². The van der Waals surface area contributed by atoms with Crippen LogP contribution in [0.3, 0.4) is 0 Å². The van der Waals surface area contributed by atoms with Gasteiger partial charge in [0.1, 0.15) is 12.7 Å². The number of carbonyl (C=O) groups excluding carboxylic acids is 2. The van der Waals surface area contributed by atoms with E-state index < -0.39 is 0 Å². The average molecular weight is 696 g/mol. The van der Waals surface area contributed by atoms with Crippen molar-refractivity contribution >= 4 is 35.8 Å². The maximum absolute atomic E-state index is 14.3. The second-order valence-electron chi connectivity index (χ2n) is 14.4. The van der Waals surface area contributed by atoms with Crippen LogP contribution in [0, 0.1) is 17.3 Å². The maximum atomic E-state index is 14.3. The summed E-state index contributed by atoms with van der Waals surface area (Å²) in [7, 11) is 1.91. The highest BCUT2D eigenvalue weighted by molar-refractivity contribution is 6.30. The standard InChI is InChI=1S/C38H51ClN6O2.ClH/c1-43(25-30-8-4-2-5-9-30)36(46)31-14-18-34(19-15-31)42-35(24-29-12-16-33(39)17-13-29)37(47)44-22-20-38(21-23-44,26-45-28-40-27-41-45)32-10-6-3-7-11-32;/h2,4-5,8-9,12-13,16-17,27-28,31-32,34-35,42H,3,6-7,10-11,14-15,18-26H2,1H3;1H/t31?,34?,35-;/m1./s1. The van der Waals surface area contributed by atoms with Gasteiger partial charge < -0.3 is 15.1 Å². The molecule has 2 aromatic carbocycles. The number of benzene rings is 2. The Bertz CT molecular complexity index is 1420. The first-order valence-electron chi connectivity index (χ1n) is 17.8. The zero-order chi connectivity index (χ0) is 32.6. The predicted molar refractivity (Wildman–Crippen MR) is 193 cm³/mol. The van der Waals surface area contributed by atoms with Crippen molar-refractivity contribution in [1.29, 1.82) is 0 Å². The summed E-state index contributed by atoms with van der Waals surface area (Å²) in [4.78, 5) is 35.8. The van der Waals surface area contributed by atoms with Gasteiger partial charge in [0.2, 0.25) is 11.8 Å². The van der Waals surface area contributed by atoms with Gasteiger partial charge in [0.15, 0.2) is 0 Å². The average Bonchev–Trinajstić information content (AvgIpc) is 3.62. The third kappa shape index (κ3) is 9.19. The summed E-state index contributed by atoms with van der Waals surface area (Å²) in [6.45, 7) is 3.07. The quantitative estimate of drug-likeness (QED) is 0.235. The van der Waals surface area contributed by atoms with Crippen molar-refractivity contribution in [3.63, 3.8) is 0 Å². The van der Waals surface area contributed by atoms with Crippen molar-refractivity contribution in [2.75, 3.05) is 20.1 Å². The number of halogens is 2. The summed E-state index contributed by atoms with van der Waals surface area (Å²) in [6, 6.07) is 17.9. The third-order valence-corrected chi connectivity index (χ3v) is 11.5. The highest BCUT2D eigenvalue weighted by Gasteiger charge is 2.44. The molecule has 6 rings (SSSR count). The number of carbonyl (C=O) groups is 2. The van der Waals surface area contributed by atoms with E-state index in [4.69, 9.17) is 11.6 Å². The minimum Gasteiger partial charge on any atom is -0.341 e. The van der Waals surface area contributed by atoms with Gasteiger partial charge in [-0.3, -0.25) is 14.3 Å². The summed E-state index contributed by atoms with van der Waals surface area (Å²) in [5, 5.41) is 8.97. The number of likely N-dealkylation sites (tertiary alicyclic amines) is 1. The number of aromatic nitrogens is 3. The summed E-state index contributed by atoms with van der Waals surface area (Å²) >= 11 is 6.20. The molecule has 0 bridgehead atoms. The van der Waals surface area contributed by atoms with Crippen LogP contribution in [0.2, 0.25) is 5.02 Å². The minimum atomic E-state index is -0.313. The normalized spacial score (nSPS) is 22.0. The molecule has 2 saturated carbocycles. The molecule has 10 heteroatoms. The van der Waals surface area contributed by atoms with Gasteiger partial charge in [-0.15, -0.1) is 12.4 Å². The van der Waals surface area contributed by atoms with Gasteiger partial charge in [0.05, 0.1) is 6.04 Å². The molecule has 3 aromatic rings. The first-order chi connectivity index (χ1) is 22.9. The minimum absolute atomic E-state index is 0. The molecule has 48 heavy (non-hydrogen) atoms. The van der Waals surface area contributed by atoms with Crippen molar-refractivity contribution in [3.8, 4) is 0 Å². The highest BCUT2D eigenvalue weighted by Crippen LogP contribution is 2.47. The molecule has 260 valence electrons. The number of piperidine rings is 1. The van der Waals surface area contributed by atoms with Gasteiger partial charge in [0.25, 0.3) is 0 Å². The molecule has 3 fully saturated rings. The molecule has 2 heterocycles. The number of nitrogens with one attached hydrogen (secondary N) is 1. The van der Waals surface area contributed by atoms with Gasteiger partial charge in [-0.25, -0.2) is 4.98 Å². The molecular weight excluding hydrogens is 643 g/mol. The zero-order valence-electron chi connectivity index (χ0n) is 28.3. The van der Waals surface area contributed by atoms with Crippen LogP contribution >= 0.6 is 24.0 Å². The van der Waals surface area contributed by atoms with E-state index in [-0.39, 0.29) is 47.6 Å². The molecule has 3 aliphatic rings. The lowest BCUT2D eigenvalue weighted by atomic mass is 9.63. The van der Waals surface area contributed by atoms with E-state index >= 15 is 0 Å². The molecule has 0 radical (unpaired) electrons. The molecule has 1 aliphatic heterocycles. The second-order valence-corrected chi connectivity index (χ2v) is 14.8. The van der Waals surface area contributed by atoms with E-state index in [0.717, 1.165) is 69.3 Å². The fraction of sp³-hybridized carbons (Fsp3) is 0.579. The maximum Gasteiger partial charge on any atom is 0.240 e. The van der Waals surface area contributed by atoms with Crippen LogP contribution in [0.1, 0.15) is 81.8 Å². The van der Waals surface area contributed by atoms with Crippen LogP contribution < -0.4 is 5.32 Å². The molecular formula is C38H52Cl2N6O2. The van der Waals surface area contributed by atoms with E-state index in [9.17, 15) is 9.59 Å². The number of nitrogens with zero attached hydrogens (tertiary/aromatic N) is 5. The van der Waals surface area contributed by atoms with Crippen molar-refractivity contribution in [1.82, 2.24) is 29.9 Å². The lowest BCUT2D eigenvalue weighted by molar-refractivity contribution is -0.138. The van der Waals surface area contributed by atoms with Gasteiger partial charge in [0, 0.05) is 50.2 Å². The van der Waals surface area contributed by atoms with Crippen molar-refractivity contribution in [3.05, 3.63) is 83.4 Å². The molecule has 1 atom stereocenters.